The number of nitrogens with zero attached hydrogens (tertiary/aromatic N) is 1. The van der Waals surface area contributed by atoms with Gasteiger partial charge in [0.15, 0.2) is 5.13 Å². The van der Waals surface area contributed by atoms with E-state index in [9.17, 15) is 9.59 Å². The zero-order valence-electron chi connectivity index (χ0n) is 14.2. The van der Waals surface area contributed by atoms with Gasteiger partial charge in [-0.2, -0.15) is 0 Å². The summed E-state index contributed by atoms with van der Waals surface area (Å²) in [5.41, 5.74) is 1.25. The van der Waals surface area contributed by atoms with E-state index in [-0.39, 0.29) is 11.5 Å². The van der Waals surface area contributed by atoms with Crippen LogP contribution in [0.5, 0.6) is 0 Å². The van der Waals surface area contributed by atoms with E-state index in [1.165, 1.54) is 16.2 Å². The Morgan fingerprint density at radius 1 is 1.36 bits per heavy atom. The van der Waals surface area contributed by atoms with Crippen LogP contribution in [0.3, 0.4) is 0 Å². The molecule has 0 aromatic carbocycles. The van der Waals surface area contributed by atoms with Crippen molar-refractivity contribution in [2.24, 2.45) is 0 Å². The van der Waals surface area contributed by atoms with Crippen molar-refractivity contribution in [3.05, 3.63) is 43.9 Å². The van der Waals surface area contributed by atoms with Gasteiger partial charge in [-0.3, -0.25) is 10.1 Å². The van der Waals surface area contributed by atoms with Crippen LogP contribution in [0.4, 0.5) is 5.13 Å². The molecule has 2 aromatic rings. The summed E-state index contributed by atoms with van der Waals surface area (Å²) in [6.07, 6.45) is 5.00. The maximum absolute atomic E-state index is 12.6. The Morgan fingerprint density at radius 3 is 2.88 bits per heavy atom. The standard InChI is InChI=1S/C18H21N3O3S/c1-10-9-13(11-5-7-19-8-6-11)24-17(23)15(10)16(22)21-18-20-12-3-2-4-14(12)25-18/h9,11,19H,2-8H2,1H3,(H,20,21,22). The number of aryl methyl sites for hydroxylation is 3. The average Bonchev–Trinajstić information content (AvgIpc) is 3.16. The molecule has 3 heterocycles. The van der Waals surface area contributed by atoms with Gasteiger partial charge in [0, 0.05) is 10.8 Å². The topological polar surface area (TPSA) is 84.2 Å². The Morgan fingerprint density at radius 2 is 2.16 bits per heavy atom. The van der Waals surface area contributed by atoms with E-state index in [0.717, 1.165) is 50.9 Å². The third kappa shape index (κ3) is 3.26. The minimum atomic E-state index is -0.560. The molecule has 2 aromatic heterocycles. The van der Waals surface area contributed by atoms with Crippen molar-refractivity contribution < 1.29 is 9.21 Å². The first kappa shape index (κ1) is 16.5. The Labute approximate surface area is 149 Å². The van der Waals surface area contributed by atoms with Crippen molar-refractivity contribution in [2.45, 2.75) is 44.9 Å². The van der Waals surface area contributed by atoms with E-state index in [0.29, 0.717) is 16.5 Å². The van der Waals surface area contributed by atoms with Crippen LogP contribution in [0.1, 0.15) is 57.4 Å². The van der Waals surface area contributed by atoms with Crippen molar-refractivity contribution in [2.75, 3.05) is 18.4 Å². The normalized spacial score (nSPS) is 17.5. The second-order valence-corrected chi connectivity index (χ2v) is 7.80. The molecule has 0 bridgehead atoms. The van der Waals surface area contributed by atoms with Gasteiger partial charge in [0.1, 0.15) is 11.3 Å². The highest BCUT2D eigenvalue weighted by Crippen LogP contribution is 2.31. The van der Waals surface area contributed by atoms with Gasteiger partial charge in [-0.15, -0.1) is 11.3 Å². The number of fused-ring (bicyclic) bond motifs is 1. The molecular formula is C18H21N3O3S. The average molecular weight is 359 g/mol. The Balaban J connectivity index is 1.56. The smallest absolute Gasteiger partial charge is 0.349 e. The molecule has 1 fully saturated rings. The van der Waals surface area contributed by atoms with Crippen molar-refractivity contribution in [3.8, 4) is 0 Å². The maximum atomic E-state index is 12.6. The van der Waals surface area contributed by atoms with Gasteiger partial charge in [0.05, 0.1) is 5.69 Å². The Kier molecular flexibility index (Phi) is 4.43. The highest BCUT2D eigenvalue weighted by Gasteiger charge is 2.24. The minimum Gasteiger partial charge on any atom is -0.427 e. The van der Waals surface area contributed by atoms with E-state index in [2.05, 4.69) is 15.6 Å². The highest BCUT2D eigenvalue weighted by molar-refractivity contribution is 7.16. The zero-order valence-corrected chi connectivity index (χ0v) is 15.0. The lowest BCUT2D eigenvalue weighted by molar-refractivity contribution is 0.102. The molecule has 6 nitrogen and oxygen atoms in total. The second-order valence-electron chi connectivity index (χ2n) is 6.72. The fraction of sp³-hybridized carbons (Fsp3) is 0.500. The Hall–Kier alpha value is -1.99. The van der Waals surface area contributed by atoms with Crippen LogP contribution >= 0.6 is 11.3 Å². The quantitative estimate of drug-likeness (QED) is 0.880. The number of carbonyl (C=O) groups excluding carboxylic acids is 1. The summed E-state index contributed by atoms with van der Waals surface area (Å²) >= 11 is 1.50. The fourth-order valence-electron chi connectivity index (χ4n) is 3.62. The van der Waals surface area contributed by atoms with Crippen LogP contribution in [-0.2, 0) is 12.8 Å². The van der Waals surface area contributed by atoms with Crippen molar-refractivity contribution in [1.29, 1.82) is 0 Å². The lowest BCUT2D eigenvalue weighted by Gasteiger charge is -2.21. The lowest BCUT2D eigenvalue weighted by atomic mass is 9.94. The summed E-state index contributed by atoms with van der Waals surface area (Å²) < 4.78 is 5.49. The van der Waals surface area contributed by atoms with E-state index in [1.807, 2.05) is 6.07 Å². The van der Waals surface area contributed by atoms with Gasteiger partial charge >= 0.3 is 5.63 Å². The third-order valence-electron chi connectivity index (χ3n) is 4.95. The number of rotatable bonds is 3. The van der Waals surface area contributed by atoms with Gasteiger partial charge in [-0.25, -0.2) is 9.78 Å². The van der Waals surface area contributed by atoms with Crippen LogP contribution in [0.25, 0.3) is 0 Å². The molecule has 1 amide bonds. The molecule has 1 saturated heterocycles. The van der Waals surface area contributed by atoms with Crippen molar-refractivity contribution >= 4 is 22.4 Å². The summed E-state index contributed by atoms with van der Waals surface area (Å²) in [4.78, 5) is 30.7. The first-order chi connectivity index (χ1) is 12.1. The largest absolute Gasteiger partial charge is 0.427 e. The maximum Gasteiger partial charge on any atom is 0.349 e. The molecule has 2 N–H and O–H groups in total. The predicted octanol–water partition coefficient (Wildman–Crippen LogP) is 2.61. The lowest BCUT2D eigenvalue weighted by Crippen LogP contribution is -2.28. The monoisotopic (exact) mass is 359 g/mol. The van der Waals surface area contributed by atoms with Crippen LogP contribution < -0.4 is 16.3 Å². The fourth-order valence-corrected chi connectivity index (χ4v) is 4.66. The summed E-state index contributed by atoms with van der Waals surface area (Å²) in [6, 6.07) is 1.84. The summed E-state index contributed by atoms with van der Waals surface area (Å²) in [5.74, 6) is 0.496. The van der Waals surface area contributed by atoms with Crippen molar-refractivity contribution in [1.82, 2.24) is 10.3 Å². The second kappa shape index (κ2) is 6.72. The van der Waals surface area contributed by atoms with Crippen LogP contribution in [0, 0.1) is 6.92 Å². The van der Waals surface area contributed by atoms with Crippen molar-refractivity contribution in [3.63, 3.8) is 0 Å². The van der Waals surface area contributed by atoms with Crippen LogP contribution in [0.2, 0.25) is 0 Å². The number of anilines is 1. The number of amides is 1. The molecule has 1 aliphatic heterocycles. The number of hydrogen-bond acceptors (Lipinski definition) is 6. The number of carbonyl (C=O) groups is 1. The molecular weight excluding hydrogens is 338 g/mol. The highest BCUT2D eigenvalue weighted by atomic mass is 32.1. The van der Waals surface area contributed by atoms with E-state index < -0.39 is 11.5 Å². The number of thiazole rings is 1. The summed E-state index contributed by atoms with van der Waals surface area (Å²) in [6.45, 7) is 3.63. The van der Waals surface area contributed by atoms with Crippen LogP contribution in [-0.4, -0.2) is 24.0 Å². The molecule has 4 rings (SSSR count). The van der Waals surface area contributed by atoms with Gasteiger partial charge in [-0.05, 0) is 63.7 Å². The van der Waals surface area contributed by atoms with Gasteiger partial charge in [-0.1, -0.05) is 0 Å². The number of nitrogens with one attached hydrogen (secondary N) is 2. The molecule has 0 radical (unpaired) electrons. The molecule has 25 heavy (non-hydrogen) atoms. The number of hydrogen-bond donors (Lipinski definition) is 2. The summed E-state index contributed by atoms with van der Waals surface area (Å²) in [5, 5.41) is 6.63. The zero-order chi connectivity index (χ0) is 17.4. The first-order valence-electron chi connectivity index (χ1n) is 8.77. The SMILES string of the molecule is Cc1cc(C2CCNCC2)oc(=O)c1C(=O)Nc1nc2c(s1)CCC2. The molecule has 2 aliphatic rings. The molecule has 0 spiro atoms. The predicted molar refractivity (Wildman–Crippen MR) is 96.7 cm³/mol. The van der Waals surface area contributed by atoms with Gasteiger partial charge in [0.2, 0.25) is 0 Å². The molecule has 7 heteroatoms. The first-order valence-corrected chi connectivity index (χ1v) is 9.59. The van der Waals surface area contributed by atoms with E-state index in [4.69, 9.17) is 4.42 Å². The van der Waals surface area contributed by atoms with Crippen LogP contribution in [0.15, 0.2) is 15.3 Å². The Bertz CT molecular complexity index is 843. The molecule has 1 aliphatic carbocycles. The number of piperidine rings is 1. The van der Waals surface area contributed by atoms with Gasteiger partial charge < -0.3 is 9.73 Å². The summed E-state index contributed by atoms with van der Waals surface area (Å²) in [7, 11) is 0. The van der Waals surface area contributed by atoms with E-state index >= 15 is 0 Å². The minimum absolute atomic E-state index is 0.0769. The molecule has 0 atom stereocenters. The van der Waals surface area contributed by atoms with E-state index in [1.54, 1.807) is 6.92 Å². The molecule has 132 valence electrons. The molecule has 0 saturated carbocycles. The molecule has 0 unspecified atom stereocenters. The van der Waals surface area contributed by atoms with Gasteiger partial charge in [0.25, 0.3) is 5.91 Å². The number of aromatic nitrogens is 1. The third-order valence-corrected chi connectivity index (χ3v) is 6.03.